The van der Waals surface area contributed by atoms with Crippen LogP contribution in [-0.2, 0) is 4.79 Å². The zero-order chi connectivity index (χ0) is 11.5. The summed E-state index contributed by atoms with van der Waals surface area (Å²) < 4.78 is 18.2. The van der Waals surface area contributed by atoms with Crippen LogP contribution in [0.2, 0.25) is 0 Å². The molecule has 1 aromatic rings. The van der Waals surface area contributed by atoms with Gasteiger partial charge in [-0.15, -0.1) is 0 Å². The first-order chi connectivity index (χ1) is 6.97. The second-order valence-corrected chi connectivity index (χ2v) is 4.06. The van der Waals surface area contributed by atoms with Gasteiger partial charge in [-0.1, -0.05) is 19.1 Å². The minimum atomic E-state index is -0.581. The fraction of sp³-hybridized carbons (Fsp3) is 0.417. The Morgan fingerprint density at radius 2 is 2.00 bits per heavy atom. The van der Waals surface area contributed by atoms with E-state index in [1.54, 1.807) is 26.0 Å². The molecule has 0 aliphatic rings. The maximum Gasteiger partial charge on any atom is 0.316 e. The van der Waals surface area contributed by atoms with Crippen LogP contribution in [0.3, 0.4) is 0 Å². The molecule has 82 valence electrons. The van der Waals surface area contributed by atoms with Gasteiger partial charge in [0.2, 0.25) is 0 Å². The molecule has 0 aliphatic carbocycles. The average molecular weight is 210 g/mol. The zero-order valence-electron chi connectivity index (χ0n) is 9.21. The Bertz CT molecular complexity index is 358. The fourth-order valence-electron chi connectivity index (χ4n) is 0.910. The number of hydrogen-bond donors (Lipinski definition) is 0. The van der Waals surface area contributed by atoms with Crippen molar-refractivity contribution in [1.82, 2.24) is 0 Å². The first-order valence-electron chi connectivity index (χ1n) is 4.94. The smallest absolute Gasteiger partial charge is 0.316 e. The van der Waals surface area contributed by atoms with E-state index in [2.05, 4.69) is 0 Å². The van der Waals surface area contributed by atoms with Crippen molar-refractivity contribution in [1.29, 1.82) is 0 Å². The lowest BCUT2D eigenvalue weighted by atomic mass is 9.91. The highest BCUT2D eigenvalue weighted by Crippen LogP contribution is 2.24. The lowest BCUT2D eigenvalue weighted by molar-refractivity contribution is -0.144. The summed E-state index contributed by atoms with van der Waals surface area (Å²) >= 11 is 0. The van der Waals surface area contributed by atoms with Crippen LogP contribution < -0.4 is 4.74 Å². The Kier molecular flexibility index (Phi) is 3.45. The first-order valence-corrected chi connectivity index (χ1v) is 4.94. The molecule has 1 rings (SSSR count). The third-order valence-corrected chi connectivity index (χ3v) is 2.48. The second kappa shape index (κ2) is 4.43. The van der Waals surface area contributed by atoms with Gasteiger partial charge in [0, 0.05) is 0 Å². The number of para-hydroxylation sites is 1. The summed E-state index contributed by atoms with van der Waals surface area (Å²) in [5.74, 6) is -0.933. The predicted molar refractivity (Wildman–Crippen MR) is 56.1 cm³/mol. The molecule has 0 saturated carbocycles. The molecule has 0 aliphatic heterocycles. The third-order valence-electron chi connectivity index (χ3n) is 2.48. The molecule has 0 heterocycles. The molecule has 0 unspecified atom stereocenters. The molecule has 0 fully saturated rings. The van der Waals surface area contributed by atoms with Crippen LogP contribution in [-0.4, -0.2) is 5.97 Å². The minimum absolute atomic E-state index is 0.0102. The molecule has 0 atom stereocenters. The summed E-state index contributed by atoms with van der Waals surface area (Å²) in [5, 5.41) is 0. The molecule has 0 saturated heterocycles. The van der Waals surface area contributed by atoms with Crippen molar-refractivity contribution in [2.45, 2.75) is 27.2 Å². The van der Waals surface area contributed by atoms with Gasteiger partial charge in [0.05, 0.1) is 5.41 Å². The van der Waals surface area contributed by atoms with Crippen LogP contribution in [0.5, 0.6) is 5.75 Å². The highest BCUT2D eigenvalue weighted by molar-refractivity contribution is 5.78. The van der Waals surface area contributed by atoms with E-state index in [9.17, 15) is 9.18 Å². The highest BCUT2D eigenvalue weighted by Gasteiger charge is 2.28. The highest BCUT2D eigenvalue weighted by atomic mass is 19.1. The quantitative estimate of drug-likeness (QED) is 0.565. The van der Waals surface area contributed by atoms with Gasteiger partial charge in [-0.25, -0.2) is 4.39 Å². The molecule has 0 spiro atoms. The van der Waals surface area contributed by atoms with Crippen LogP contribution in [0.25, 0.3) is 0 Å². The van der Waals surface area contributed by atoms with Crippen molar-refractivity contribution in [2.24, 2.45) is 5.41 Å². The van der Waals surface area contributed by atoms with Crippen molar-refractivity contribution in [3.8, 4) is 5.75 Å². The van der Waals surface area contributed by atoms with Crippen LogP contribution >= 0.6 is 0 Å². The Hall–Kier alpha value is -1.38. The van der Waals surface area contributed by atoms with Gasteiger partial charge in [-0.2, -0.15) is 0 Å². The number of carbonyl (C=O) groups excluding carboxylic acids is 1. The number of ether oxygens (including phenoxy) is 1. The fourth-order valence-corrected chi connectivity index (χ4v) is 0.910. The number of halogens is 1. The van der Waals surface area contributed by atoms with Gasteiger partial charge in [-0.3, -0.25) is 4.79 Å². The topological polar surface area (TPSA) is 26.3 Å². The summed E-state index contributed by atoms with van der Waals surface area (Å²) in [6.45, 7) is 5.44. The van der Waals surface area contributed by atoms with E-state index in [1.807, 2.05) is 6.92 Å². The van der Waals surface area contributed by atoms with Gasteiger partial charge >= 0.3 is 5.97 Å². The monoisotopic (exact) mass is 210 g/mol. The standard InChI is InChI=1S/C12H15FO2/c1-4-12(2,3)11(14)15-10-8-6-5-7-9(10)13/h5-8H,4H2,1-3H3. The van der Waals surface area contributed by atoms with Crippen LogP contribution in [0.1, 0.15) is 27.2 Å². The first kappa shape index (κ1) is 11.7. The van der Waals surface area contributed by atoms with Crippen molar-refractivity contribution in [3.63, 3.8) is 0 Å². The molecule has 0 N–H and O–H groups in total. The minimum Gasteiger partial charge on any atom is -0.423 e. The Labute approximate surface area is 89.1 Å². The number of carbonyl (C=O) groups is 1. The van der Waals surface area contributed by atoms with E-state index in [1.165, 1.54) is 12.1 Å². The van der Waals surface area contributed by atoms with Crippen LogP contribution in [0, 0.1) is 11.2 Å². The predicted octanol–water partition coefficient (Wildman–Crippen LogP) is 3.17. The average Bonchev–Trinajstić information content (AvgIpc) is 2.21. The Balaban J connectivity index is 2.80. The normalized spacial score (nSPS) is 11.2. The van der Waals surface area contributed by atoms with Gasteiger partial charge in [0.15, 0.2) is 11.6 Å². The molecule has 3 heteroatoms. The number of esters is 1. The summed E-state index contributed by atoms with van der Waals surface area (Å²) in [5.41, 5.74) is -0.581. The molecule has 2 nitrogen and oxygen atoms in total. The van der Waals surface area contributed by atoms with E-state index in [0.717, 1.165) is 0 Å². The molecule has 0 amide bonds. The van der Waals surface area contributed by atoms with E-state index in [4.69, 9.17) is 4.74 Å². The van der Waals surface area contributed by atoms with Crippen LogP contribution in [0.4, 0.5) is 4.39 Å². The Morgan fingerprint density at radius 3 is 2.53 bits per heavy atom. The Morgan fingerprint density at radius 1 is 1.40 bits per heavy atom. The SMILES string of the molecule is CCC(C)(C)C(=O)Oc1ccccc1F. The van der Waals surface area contributed by atoms with Gasteiger partial charge in [0.1, 0.15) is 0 Å². The summed E-state index contributed by atoms with van der Waals surface area (Å²) in [7, 11) is 0. The van der Waals surface area contributed by atoms with Crippen molar-refractivity contribution >= 4 is 5.97 Å². The third kappa shape index (κ3) is 2.78. The van der Waals surface area contributed by atoms with E-state index in [-0.39, 0.29) is 5.75 Å². The largest absolute Gasteiger partial charge is 0.423 e. The molecule has 15 heavy (non-hydrogen) atoms. The molecular weight excluding hydrogens is 195 g/mol. The second-order valence-electron chi connectivity index (χ2n) is 4.06. The van der Waals surface area contributed by atoms with Gasteiger partial charge in [0.25, 0.3) is 0 Å². The molecule has 0 bridgehead atoms. The molecule has 1 aromatic carbocycles. The van der Waals surface area contributed by atoms with Gasteiger partial charge < -0.3 is 4.74 Å². The lowest BCUT2D eigenvalue weighted by Gasteiger charge is -2.20. The molecule has 0 radical (unpaired) electrons. The van der Waals surface area contributed by atoms with Crippen molar-refractivity contribution < 1.29 is 13.9 Å². The van der Waals surface area contributed by atoms with Crippen molar-refractivity contribution in [2.75, 3.05) is 0 Å². The molecular formula is C12H15FO2. The van der Waals surface area contributed by atoms with E-state index in [0.29, 0.717) is 6.42 Å². The van der Waals surface area contributed by atoms with Gasteiger partial charge in [-0.05, 0) is 32.4 Å². The summed E-state index contributed by atoms with van der Waals surface area (Å²) in [4.78, 5) is 11.6. The molecule has 0 aromatic heterocycles. The number of benzene rings is 1. The maximum atomic E-state index is 13.2. The summed E-state index contributed by atoms with van der Waals surface area (Å²) in [6, 6.07) is 5.89. The summed E-state index contributed by atoms with van der Waals surface area (Å²) in [6.07, 6.45) is 0.653. The number of hydrogen-bond acceptors (Lipinski definition) is 2. The van der Waals surface area contributed by atoms with Crippen molar-refractivity contribution in [3.05, 3.63) is 30.1 Å². The maximum absolute atomic E-state index is 13.2. The lowest BCUT2D eigenvalue weighted by Crippen LogP contribution is -2.28. The van der Waals surface area contributed by atoms with Crippen LogP contribution in [0.15, 0.2) is 24.3 Å². The van der Waals surface area contributed by atoms with E-state index < -0.39 is 17.2 Å². The number of rotatable bonds is 3. The zero-order valence-corrected chi connectivity index (χ0v) is 9.21. The van der Waals surface area contributed by atoms with E-state index >= 15 is 0 Å².